The molecule has 0 spiro atoms. The lowest BCUT2D eigenvalue weighted by Crippen LogP contribution is -2.38. The third-order valence-corrected chi connectivity index (χ3v) is 6.05. The number of halogens is 1. The van der Waals surface area contributed by atoms with E-state index in [9.17, 15) is 0 Å². The second kappa shape index (κ2) is 14.9. The van der Waals surface area contributed by atoms with E-state index in [2.05, 4.69) is 35.8 Å². The molecule has 3 rings (SSSR count). The summed E-state index contributed by atoms with van der Waals surface area (Å²) in [5, 5.41) is 7.92. The van der Waals surface area contributed by atoms with Crippen molar-refractivity contribution in [3.05, 3.63) is 29.3 Å². The van der Waals surface area contributed by atoms with Gasteiger partial charge in [0.05, 0.1) is 15.2 Å². The number of para-hydroxylation sites is 1. The maximum Gasteiger partial charge on any atom is 0.191 e. The Morgan fingerprint density at radius 1 is 1.23 bits per heavy atom. The van der Waals surface area contributed by atoms with E-state index in [0.29, 0.717) is 5.92 Å². The van der Waals surface area contributed by atoms with Crippen LogP contribution in [0.15, 0.2) is 29.3 Å². The maximum absolute atomic E-state index is 5.83. The number of guanidine groups is 1. The number of aromatic nitrogens is 1. The van der Waals surface area contributed by atoms with Crippen molar-refractivity contribution in [2.75, 3.05) is 46.1 Å². The first-order valence-corrected chi connectivity index (χ1v) is 11.7. The van der Waals surface area contributed by atoms with E-state index in [-0.39, 0.29) is 24.0 Å². The van der Waals surface area contributed by atoms with E-state index in [0.717, 1.165) is 89.6 Å². The van der Waals surface area contributed by atoms with Gasteiger partial charge in [0.15, 0.2) is 5.96 Å². The smallest absolute Gasteiger partial charge is 0.191 e. The number of thiazole rings is 1. The average molecular weight is 547 g/mol. The highest BCUT2D eigenvalue weighted by atomic mass is 127. The number of aliphatic imine (C=N–C) groups is 1. The zero-order chi connectivity index (χ0) is 20.2. The Morgan fingerprint density at radius 2 is 2.07 bits per heavy atom. The molecule has 0 atom stereocenters. The summed E-state index contributed by atoms with van der Waals surface area (Å²) in [5.41, 5.74) is 1.10. The average Bonchev–Trinajstić information content (AvgIpc) is 3.17. The van der Waals surface area contributed by atoms with Crippen molar-refractivity contribution in [3.8, 4) is 0 Å². The predicted molar refractivity (Wildman–Crippen MR) is 136 cm³/mol. The van der Waals surface area contributed by atoms with Crippen molar-refractivity contribution >= 4 is 51.5 Å². The lowest BCUT2D eigenvalue weighted by molar-refractivity contribution is 0.0203. The number of hydrogen-bond acceptors (Lipinski definition) is 5. The van der Waals surface area contributed by atoms with Gasteiger partial charge in [-0.1, -0.05) is 12.1 Å². The number of ether oxygens (including phenoxy) is 2. The Balaban J connectivity index is 0.00000320. The van der Waals surface area contributed by atoms with Crippen LogP contribution < -0.4 is 10.6 Å². The lowest BCUT2D eigenvalue weighted by atomic mass is 10.0. The van der Waals surface area contributed by atoms with Crippen molar-refractivity contribution in [2.24, 2.45) is 10.9 Å². The number of nitrogens with one attached hydrogen (secondary N) is 2. The van der Waals surface area contributed by atoms with Gasteiger partial charge in [0.2, 0.25) is 0 Å². The summed E-state index contributed by atoms with van der Waals surface area (Å²) in [6, 6.07) is 8.32. The quantitative estimate of drug-likeness (QED) is 0.191. The topological polar surface area (TPSA) is 67.8 Å². The Bertz CT molecular complexity index is 717. The van der Waals surface area contributed by atoms with Crippen molar-refractivity contribution in [1.82, 2.24) is 15.6 Å². The van der Waals surface area contributed by atoms with Crippen molar-refractivity contribution < 1.29 is 9.47 Å². The van der Waals surface area contributed by atoms with E-state index in [1.54, 1.807) is 11.3 Å². The van der Waals surface area contributed by atoms with Gasteiger partial charge in [-0.15, -0.1) is 35.3 Å². The van der Waals surface area contributed by atoms with Crippen LogP contribution in [0.2, 0.25) is 0 Å². The largest absolute Gasteiger partial charge is 0.381 e. The van der Waals surface area contributed by atoms with E-state index >= 15 is 0 Å². The van der Waals surface area contributed by atoms with Crippen molar-refractivity contribution in [1.29, 1.82) is 0 Å². The molecule has 30 heavy (non-hydrogen) atoms. The number of benzene rings is 1. The van der Waals surface area contributed by atoms with Gasteiger partial charge in [0, 0.05) is 52.5 Å². The summed E-state index contributed by atoms with van der Waals surface area (Å²) in [7, 11) is 0. The molecule has 0 amide bonds. The fraction of sp³-hybridized carbons (Fsp3) is 0.636. The van der Waals surface area contributed by atoms with E-state index in [1.165, 1.54) is 9.71 Å². The fourth-order valence-corrected chi connectivity index (χ4v) is 4.34. The minimum Gasteiger partial charge on any atom is -0.381 e. The molecule has 0 radical (unpaired) electrons. The summed E-state index contributed by atoms with van der Waals surface area (Å²) in [4.78, 5) is 9.39. The molecule has 1 aliphatic heterocycles. The summed E-state index contributed by atoms with van der Waals surface area (Å²) in [6.45, 7) is 8.06. The highest BCUT2D eigenvalue weighted by Gasteiger charge is 2.13. The molecule has 0 bridgehead atoms. The highest BCUT2D eigenvalue weighted by Crippen LogP contribution is 2.22. The Labute approximate surface area is 201 Å². The van der Waals surface area contributed by atoms with Gasteiger partial charge in [-0.25, -0.2) is 4.98 Å². The molecule has 0 unspecified atom stereocenters. The van der Waals surface area contributed by atoms with Crippen LogP contribution in [-0.4, -0.2) is 57.0 Å². The van der Waals surface area contributed by atoms with E-state index < -0.39 is 0 Å². The summed E-state index contributed by atoms with van der Waals surface area (Å²) < 4.78 is 12.5. The van der Waals surface area contributed by atoms with Crippen LogP contribution in [-0.2, 0) is 15.9 Å². The first-order chi connectivity index (χ1) is 14.3. The molecular formula is C22H35IN4O2S. The molecule has 8 heteroatoms. The van der Waals surface area contributed by atoms with Crippen LogP contribution in [0.1, 0.15) is 37.6 Å². The van der Waals surface area contributed by atoms with Crippen LogP contribution in [0.3, 0.4) is 0 Å². The first-order valence-electron chi connectivity index (χ1n) is 10.9. The van der Waals surface area contributed by atoms with Gasteiger partial charge in [-0.2, -0.15) is 0 Å². The second-order valence-corrected chi connectivity index (χ2v) is 8.47. The molecule has 0 aliphatic carbocycles. The predicted octanol–water partition coefficient (Wildman–Crippen LogP) is 4.24. The second-order valence-electron chi connectivity index (χ2n) is 7.35. The van der Waals surface area contributed by atoms with Crippen LogP contribution in [0, 0.1) is 5.92 Å². The fourth-order valence-electron chi connectivity index (χ4n) is 3.33. The van der Waals surface area contributed by atoms with Gasteiger partial charge in [-0.3, -0.25) is 4.99 Å². The number of aryl methyl sites for hydroxylation is 1. The molecule has 2 aromatic rings. The summed E-state index contributed by atoms with van der Waals surface area (Å²) >= 11 is 1.79. The van der Waals surface area contributed by atoms with Crippen LogP contribution in [0.4, 0.5) is 0 Å². The van der Waals surface area contributed by atoms with Crippen molar-refractivity contribution in [3.63, 3.8) is 0 Å². The van der Waals surface area contributed by atoms with Gasteiger partial charge < -0.3 is 20.1 Å². The zero-order valence-corrected chi connectivity index (χ0v) is 21.0. The minimum atomic E-state index is 0. The standard InChI is InChI=1S/C22H34N4O2S.HI/c1-2-23-22(25-13-6-14-28-17-18-10-15-27-16-11-18)24-12-5-9-21-26-19-7-3-4-8-20(19)29-21;/h3-4,7-8,18H,2,5-6,9-17H2,1H3,(H2,23,24,25);1H. The molecule has 0 saturated carbocycles. The Hall–Kier alpha value is -0.970. The van der Waals surface area contributed by atoms with E-state index in [4.69, 9.17) is 19.5 Å². The molecule has 2 heterocycles. The number of fused-ring (bicyclic) bond motifs is 1. The lowest BCUT2D eigenvalue weighted by Gasteiger charge is -2.21. The Kier molecular flexibility index (Phi) is 12.6. The SMILES string of the molecule is CCNC(=NCCCc1nc2ccccc2s1)NCCCOCC1CCOCC1.I. The number of hydrogen-bond donors (Lipinski definition) is 2. The van der Waals surface area contributed by atoms with Gasteiger partial charge in [-0.05, 0) is 50.7 Å². The first kappa shape index (κ1) is 25.3. The van der Waals surface area contributed by atoms with E-state index in [1.807, 2.05) is 6.07 Å². The molecular weight excluding hydrogens is 511 g/mol. The van der Waals surface area contributed by atoms with Gasteiger partial charge in [0.25, 0.3) is 0 Å². The number of rotatable bonds is 11. The summed E-state index contributed by atoms with van der Waals surface area (Å²) in [5.74, 6) is 1.56. The van der Waals surface area contributed by atoms with Crippen LogP contribution >= 0.6 is 35.3 Å². The highest BCUT2D eigenvalue weighted by molar-refractivity contribution is 14.0. The van der Waals surface area contributed by atoms with Crippen molar-refractivity contribution in [2.45, 2.75) is 39.0 Å². The summed E-state index contributed by atoms with van der Waals surface area (Å²) in [6.07, 6.45) is 5.23. The minimum absolute atomic E-state index is 0. The van der Waals surface area contributed by atoms with Crippen LogP contribution in [0.5, 0.6) is 0 Å². The molecule has 1 aromatic carbocycles. The van der Waals surface area contributed by atoms with Crippen LogP contribution in [0.25, 0.3) is 10.2 Å². The molecule has 1 aromatic heterocycles. The number of nitrogens with zero attached hydrogens (tertiary/aromatic N) is 2. The monoisotopic (exact) mass is 546 g/mol. The molecule has 1 aliphatic rings. The molecule has 1 saturated heterocycles. The third kappa shape index (κ3) is 9.03. The third-order valence-electron chi connectivity index (χ3n) is 4.95. The van der Waals surface area contributed by atoms with Gasteiger partial charge >= 0.3 is 0 Å². The van der Waals surface area contributed by atoms with Gasteiger partial charge in [0.1, 0.15) is 0 Å². The molecule has 6 nitrogen and oxygen atoms in total. The maximum atomic E-state index is 5.83. The normalized spacial score (nSPS) is 15.2. The Morgan fingerprint density at radius 3 is 2.87 bits per heavy atom. The zero-order valence-electron chi connectivity index (χ0n) is 17.9. The molecule has 2 N–H and O–H groups in total. The molecule has 1 fully saturated rings. The molecule has 168 valence electrons.